The lowest BCUT2D eigenvalue weighted by Crippen LogP contribution is -2.42. The number of esters is 1. The minimum atomic E-state index is -1.03. The van der Waals surface area contributed by atoms with E-state index in [4.69, 9.17) is 4.74 Å². The zero-order chi connectivity index (χ0) is 19.1. The highest BCUT2D eigenvalue weighted by molar-refractivity contribution is 9.10. The van der Waals surface area contributed by atoms with E-state index in [0.717, 1.165) is 31.2 Å². The van der Waals surface area contributed by atoms with Gasteiger partial charge in [-0.3, -0.25) is 4.79 Å². The fourth-order valence-corrected chi connectivity index (χ4v) is 4.62. The fraction of sp³-hybridized carbons (Fsp3) is 0.333. The van der Waals surface area contributed by atoms with Crippen molar-refractivity contribution in [3.63, 3.8) is 0 Å². The van der Waals surface area contributed by atoms with Crippen molar-refractivity contribution < 1.29 is 14.3 Å². The van der Waals surface area contributed by atoms with Crippen molar-refractivity contribution in [3.8, 4) is 11.1 Å². The van der Waals surface area contributed by atoms with Gasteiger partial charge in [0.05, 0.1) is 12.0 Å². The number of Topliss-reactive ketones (excluding diaryl/α,β-unsaturated/α-hetero) is 1. The van der Waals surface area contributed by atoms with Gasteiger partial charge in [-0.25, -0.2) is 4.79 Å². The maximum atomic E-state index is 13.4. The van der Waals surface area contributed by atoms with Crippen LogP contribution in [0.15, 0.2) is 45.3 Å². The van der Waals surface area contributed by atoms with Crippen LogP contribution in [0.1, 0.15) is 38.3 Å². The van der Waals surface area contributed by atoms with Gasteiger partial charge in [0, 0.05) is 8.95 Å². The molecule has 26 heavy (non-hydrogen) atoms. The lowest BCUT2D eigenvalue weighted by Gasteiger charge is -2.31. The topological polar surface area (TPSA) is 43.4 Å². The smallest absolute Gasteiger partial charge is 0.375 e. The van der Waals surface area contributed by atoms with Crippen molar-refractivity contribution in [1.82, 2.24) is 0 Å². The highest BCUT2D eigenvalue weighted by Gasteiger charge is 2.52. The number of rotatable bonds is 5. The average Bonchev–Trinajstić information content (AvgIpc) is 2.84. The number of fused-ring (bicyclic) bond motifs is 3. The number of ketones is 1. The molecule has 0 atom stereocenters. The Kier molecular flexibility index (Phi) is 5.40. The molecular weight excluding hydrogens is 460 g/mol. The van der Waals surface area contributed by atoms with Crippen LogP contribution in [0.5, 0.6) is 0 Å². The normalized spacial score (nSPS) is 14.1. The van der Waals surface area contributed by atoms with Gasteiger partial charge in [-0.2, -0.15) is 0 Å². The molecule has 1 aliphatic rings. The maximum Gasteiger partial charge on any atom is 0.375 e. The predicted octanol–water partition coefficient (Wildman–Crippen LogP) is 5.66. The molecule has 0 bridgehead atoms. The molecule has 0 N–H and O–H groups in total. The van der Waals surface area contributed by atoms with Crippen LogP contribution < -0.4 is 0 Å². The van der Waals surface area contributed by atoms with E-state index in [1.807, 2.05) is 36.4 Å². The number of halogens is 2. The number of hydrogen-bond donors (Lipinski definition) is 0. The molecule has 2 aromatic rings. The number of hydrogen-bond acceptors (Lipinski definition) is 3. The van der Waals surface area contributed by atoms with E-state index in [-0.39, 0.29) is 12.5 Å². The van der Waals surface area contributed by atoms with Gasteiger partial charge in [-0.1, -0.05) is 57.8 Å². The number of ether oxygens (including phenoxy) is 1. The first-order valence-corrected chi connectivity index (χ1v) is 10.2. The monoisotopic (exact) mass is 478 g/mol. The Bertz CT molecular complexity index is 835. The Hall–Kier alpha value is -1.46. The molecule has 0 aromatic heterocycles. The molecule has 3 rings (SSSR count). The zero-order valence-electron chi connectivity index (χ0n) is 14.9. The number of carbonyl (C=O) groups excluding carboxylic acids is 2. The van der Waals surface area contributed by atoms with Gasteiger partial charge in [0.15, 0.2) is 0 Å². The molecule has 1 aliphatic carbocycles. The Balaban J connectivity index is 2.35. The molecule has 136 valence electrons. The minimum Gasteiger partial charge on any atom is -0.460 e. The second-order valence-corrected chi connectivity index (χ2v) is 8.76. The van der Waals surface area contributed by atoms with Crippen LogP contribution in [0, 0.1) is 5.92 Å². The summed E-state index contributed by atoms with van der Waals surface area (Å²) in [7, 11) is 0. The van der Waals surface area contributed by atoms with Gasteiger partial charge in [0.2, 0.25) is 0 Å². The number of carbonyl (C=O) groups is 2. The summed E-state index contributed by atoms with van der Waals surface area (Å²) in [5.41, 5.74) is 2.69. The van der Waals surface area contributed by atoms with Gasteiger partial charge in [-0.15, -0.1) is 0 Å². The van der Waals surface area contributed by atoms with E-state index >= 15 is 0 Å². The van der Waals surface area contributed by atoms with Crippen molar-refractivity contribution in [3.05, 3.63) is 56.5 Å². The Labute approximate surface area is 170 Å². The van der Waals surface area contributed by atoms with E-state index in [0.29, 0.717) is 6.42 Å². The van der Waals surface area contributed by atoms with Gasteiger partial charge in [-0.05, 0) is 65.8 Å². The van der Waals surface area contributed by atoms with E-state index in [2.05, 4.69) is 45.7 Å². The third-order valence-electron chi connectivity index (χ3n) is 4.74. The van der Waals surface area contributed by atoms with Crippen LogP contribution in [0.4, 0.5) is 0 Å². The first-order chi connectivity index (χ1) is 12.3. The van der Waals surface area contributed by atoms with E-state index < -0.39 is 17.2 Å². The molecule has 0 unspecified atom stereocenters. The van der Waals surface area contributed by atoms with Crippen LogP contribution in [0.2, 0.25) is 0 Å². The van der Waals surface area contributed by atoms with Gasteiger partial charge >= 0.3 is 5.97 Å². The predicted molar refractivity (Wildman–Crippen MR) is 109 cm³/mol. The van der Waals surface area contributed by atoms with Crippen molar-refractivity contribution in [2.24, 2.45) is 5.92 Å². The molecule has 2 aromatic carbocycles. The van der Waals surface area contributed by atoms with Crippen molar-refractivity contribution in [1.29, 1.82) is 0 Å². The Morgan fingerprint density at radius 2 is 1.50 bits per heavy atom. The summed E-state index contributed by atoms with van der Waals surface area (Å²) in [6.07, 6.45) is 0.539. The second-order valence-electron chi connectivity index (χ2n) is 6.93. The first kappa shape index (κ1) is 19.3. The molecule has 0 radical (unpaired) electrons. The van der Waals surface area contributed by atoms with E-state index in [9.17, 15) is 9.59 Å². The molecule has 5 heteroatoms. The van der Waals surface area contributed by atoms with Crippen molar-refractivity contribution in [2.45, 2.75) is 32.6 Å². The molecule has 0 fully saturated rings. The summed E-state index contributed by atoms with van der Waals surface area (Å²) in [5.74, 6) is -1.05. The first-order valence-electron chi connectivity index (χ1n) is 8.63. The Morgan fingerprint density at radius 1 is 1.00 bits per heavy atom. The highest BCUT2D eigenvalue weighted by atomic mass is 79.9. The summed E-state index contributed by atoms with van der Waals surface area (Å²) < 4.78 is 6.87. The van der Waals surface area contributed by atoms with Gasteiger partial charge in [0.25, 0.3) is 5.78 Å². The largest absolute Gasteiger partial charge is 0.460 e. The zero-order valence-corrected chi connectivity index (χ0v) is 18.1. The molecule has 0 saturated heterocycles. The molecule has 0 aliphatic heterocycles. The van der Waals surface area contributed by atoms with Crippen LogP contribution >= 0.6 is 31.9 Å². The third kappa shape index (κ3) is 3.05. The number of benzene rings is 2. The SMILES string of the molecule is CCOC(=O)C(=O)C1(CC(C)C)c2cc(Br)ccc2-c2ccc(Br)cc21. The quantitative estimate of drug-likeness (QED) is 0.410. The van der Waals surface area contributed by atoms with E-state index in [1.54, 1.807) is 6.92 Å². The second kappa shape index (κ2) is 7.28. The molecule has 0 saturated carbocycles. The summed E-state index contributed by atoms with van der Waals surface area (Å²) in [5, 5.41) is 0. The summed E-state index contributed by atoms with van der Waals surface area (Å²) >= 11 is 7.04. The van der Waals surface area contributed by atoms with Crippen molar-refractivity contribution >= 4 is 43.6 Å². The summed E-state index contributed by atoms with van der Waals surface area (Å²) in [6.45, 7) is 6.02. The molecular formula is C21H20Br2O3. The van der Waals surface area contributed by atoms with Crippen LogP contribution in [-0.4, -0.2) is 18.4 Å². The lowest BCUT2D eigenvalue weighted by molar-refractivity contribution is -0.155. The molecule has 3 nitrogen and oxygen atoms in total. The lowest BCUT2D eigenvalue weighted by atomic mass is 9.69. The molecule has 0 spiro atoms. The van der Waals surface area contributed by atoms with Crippen LogP contribution in [-0.2, 0) is 19.7 Å². The summed E-state index contributed by atoms with van der Waals surface area (Å²) in [4.78, 5) is 25.9. The summed E-state index contributed by atoms with van der Waals surface area (Å²) in [6, 6.07) is 11.9. The fourth-order valence-electron chi connectivity index (χ4n) is 3.89. The highest BCUT2D eigenvalue weighted by Crippen LogP contribution is 2.53. The van der Waals surface area contributed by atoms with Gasteiger partial charge in [0.1, 0.15) is 0 Å². The van der Waals surface area contributed by atoms with Crippen molar-refractivity contribution in [2.75, 3.05) is 6.61 Å². The standard InChI is InChI=1S/C21H20Br2O3/c1-4-26-20(25)19(24)21(11-12(2)3)17-9-13(22)5-7-15(17)16-8-6-14(23)10-18(16)21/h5-10,12H,4,11H2,1-3H3. The Morgan fingerprint density at radius 3 is 1.92 bits per heavy atom. The maximum absolute atomic E-state index is 13.4. The van der Waals surface area contributed by atoms with Gasteiger partial charge < -0.3 is 4.74 Å². The van der Waals surface area contributed by atoms with E-state index in [1.165, 1.54) is 0 Å². The van der Waals surface area contributed by atoms with Crippen LogP contribution in [0.3, 0.4) is 0 Å². The van der Waals surface area contributed by atoms with Crippen LogP contribution in [0.25, 0.3) is 11.1 Å². The minimum absolute atomic E-state index is 0.180. The molecule has 0 heterocycles. The third-order valence-corrected chi connectivity index (χ3v) is 5.72. The average molecular weight is 480 g/mol. The molecule has 0 amide bonds.